The van der Waals surface area contributed by atoms with Crippen molar-refractivity contribution in [2.75, 3.05) is 0 Å². The van der Waals surface area contributed by atoms with E-state index in [9.17, 15) is 18.7 Å². The number of amides is 1. The van der Waals surface area contributed by atoms with Crippen LogP contribution in [0.25, 0.3) is 22.2 Å². The van der Waals surface area contributed by atoms with Crippen LogP contribution in [0.15, 0.2) is 48.8 Å². The van der Waals surface area contributed by atoms with Crippen LogP contribution in [-0.4, -0.2) is 42.0 Å². The largest absolute Gasteiger partial charge is 0.434 e. The number of imidazole rings is 1. The molecule has 0 spiro atoms. The molecule has 4 aromatic rings. The molecule has 10 heteroatoms. The number of carbonyl (C=O) groups is 1. The van der Waals surface area contributed by atoms with Gasteiger partial charge in [0.25, 0.3) is 0 Å². The number of rotatable bonds is 4. The van der Waals surface area contributed by atoms with Gasteiger partial charge in [0.05, 0.1) is 29.2 Å². The van der Waals surface area contributed by atoms with Crippen LogP contribution in [-0.2, 0) is 10.4 Å². The van der Waals surface area contributed by atoms with Gasteiger partial charge in [-0.25, -0.2) is 15.0 Å². The molecule has 2 aromatic heterocycles. The number of nitrogens with zero attached hydrogens (tertiary/aromatic N) is 5. The summed E-state index contributed by atoms with van der Waals surface area (Å²) in [4.78, 5) is 28.2. The average molecular weight is 520 g/mol. The first kappa shape index (κ1) is 24.4. The highest BCUT2D eigenvalue weighted by Gasteiger charge is 2.46. The van der Waals surface area contributed by atoms with E-state index >= 15 is 0 Å². The fraction of sp³-hybridized carbons (Fsp3) is 0.357. The number of alkyl halides is 2. The number of ether oxygens (including phenoxy) is 1. The molecule has 3 atom stereocenters. The molecule has 4 heterocycles. The number of hydrogen-bond acceptors (Lipinski definition) is 6. The minimum Gasteiger partial charge on any atom is -0.434 e. The number of benzene rings is 2. The van der Waals surface area contributed by atoms with Crippen molar-refractivity contribution in [3.8, 4) is 16.9 Å². The highest BCUT2D eigenvalue weighted by molar-refractivity contribution is 5.84. The van der Waals surface area contributed by atoms with E-state index in [-0.39, 0.29) is 29.8 Å². The molecule has 38 heavy (non-hydrogen) atoms. The molecule has 2 aliphatic heterocycles. The first-order valence-corrected chi connectivity index (χ1v) is 12.5. The third kappa shape index (κ3) is 3.74. The maximum Gasteiger partial charge on any atom is 0.387 e. The first-order valence-electron chi connectivity index (χ1n) is 12.5. The lowest BCUT2D eigenvalue weighted by Gasteiger charge is -2.33. The number of halogens is 2. The summed E-state index contributed by atoms with van der Waals surface area (Å²) in [5.41, 5.74) is 3.42. The Labute approximate surface area is 217 Å². The van der Waals surface area contributed by atoms with Crippen LogP contribution in [0.3, 0.4) is 0 Å². The standard InChI is InChI=1S/C28H27F2N5O3/c1-14-18-6-5-7-23(38-27(29)30)24(18)21-11-22(34(14)15(2)36)25-33-19-9-8-16(10-20(19)35(21)25)17-12-31-26(32-13-17)28(3,4)37/h5-10,12-14,21-22,27,37H,11H2,1-4H3/t14-,21-,22-/m0/s1. The molecule has 1 amide bonds. The Morgan fingerprint density at radius 1 is 1.13 bits per heavy atom. The highest BCUT2D eigenvalue weighted by Crippen LogP contribution is 2.53. The third-order valence-corrected chi connectivity index (χ3v) is 7.52. The smallest absolute Gasteiger partial charge is 0.387 e. The molecule has 0 radical (unpaired) electrons. The fourth-order valence-electron chi connectivity index (χ4n) is 5.95. The zero-order chi connectivity index (χ0) is 26.9. The van der Waals surface area contributed by atoms with E-state index in [1.165, 1.54) is 6.92 Å². The van der Waals surface area contributed by atoms with Crippen molar-refractivity contribution in [2.45, 2.75) is 64.5 Å². The van der Waals surface area contributed by atoms with E-state index in [0.29, 0.717) is 17.8 Å². The van der Waals surface area contributed by atoms with Crippen molar-refractivity contribution in [1.29, 1.82) is 0 Å². The molecule has 2 aromatic carbocycles. The third-order valence-electron chi connectivity index (χ3n) is 7.52. The van der Waals surface area contributed by atoms with Crippen molar-refractivity contribution in [3.63, 3.8) is 0 Å². The Hall–Kier alpha value is -3.92. The monoisotopic (exact) mass is 519 g/mol. The Bertz CT molecular complexity index is 1560. The van der Waals surface area contributed by atoms with Crippen molar-refractivity contribution in [1.82, 2.24) is 24.4 Å². The highest BCUT2D eigenvalue weighted by atomic mass is 19.3. The Kier molecular flexibility index (Phi) is 5.50. The van der Waals surface area contributed by atoms with Crippen LogP contribution >= 0.6 is 0 Å². The number of carbonyl (C=O) groups excluding carboxylic acids is 1. The van der Waals surface area contributed by atoms with Gasteiger partial charge in [-0.2, -0.15) is 8.78 Å². The summed E-state index contributed by atoms with van der Waals surface area (Å²) >= 11 is 0. The quantitative estimate of drug-likeness (QED) is 0.394. The van der Waals surface area contributed by atoms with Crippen LogP contribution in [0.1, 0.15) is 75.0 Å². The zero-order valence-corrected chi connectivity index (χ0v) is 21.4. The van der Waals surface area contributed by atoms with Crippen molar-refractivity contribution in [2.24, 2.45) is 0 Å². The minimum absolute atomic E-state index is 0.111. The van der Waals surface area contributed by atoms with E-state index in [2.05, 4.69) is 14.5 Å². The second-order valence-electron chi connectivity index (χ2n) is 10.4. The molecule has 2 bridgehead atoms. The predicted octanol–water partition coefficient (Wildman–Crippen LogP) is 5.28. The van der Waals surface area contributed by atoms with Gasteiger partial charge in [0.15, 0.2) is 5.82 Å². The lowest BCUT2D eigenvalue weighted by molar-refractivity contribution is -0.133. The van der Waals surface area contributed by atoms with Crippen LogP contribution < -0.4 is 4.74 Å². The predicted molar refractivity (Wildman–Crippen MR) is 136 cm³/mol. The van der Waals surface area contributed by atoms with Gasteiger partial charge in [-0.05, 0) is 50.1 Å². The molecule has 0 fully saturated rings. The Morgan fingerprint density at radius 3 is 2.53 bits per heavy atom. The molecule has 196 valence electrons. The fourth-order valence-corrected chi connectivity index (χ4v) is 5.95. The van der Waals surface area contributed by atoms with Gasteiger partial charge < -0.3 is 19.3 Å². The molecule has 8 nitrogen and oxygen atoms in total. The minimum atomic E-state index is -2.97. The number of aliphatic hydroxyl groups is 1. The van der Waals surface area contributed by atoms with Crippen LogP contribution in [0.4, 0.5) is 8.78 Å². The van der Waals surface area contributed by atoms with Gasteiger partial charge >= 0.3 is 6.61 Å². The van der Waals surface area contributed by atoms with Gasteiger partial charge in [-0.15, -0.1) is 0 Å². The normalized spacial score (nSPS) is 20.4. The molecule has 6 rings (SSSR count). The molecule has 0 saturated heterocycles. The van der Waals surface area contributed by atoms with E-state index < -0.39 is 12.2 Å². The summed E-state index contributed by atoms with van der Waals surface area (Å²) < 4.78 is 33.9. The summed E-state index contributed by atoms with van der Waals surface area (Å²) in [5.74, 6) is 1.04. The SMILES string of the molecule is CC(=O)N1[C@@H](C)c2cccc(OC(F)F)c2[C@@H]2C[C@H]1c1nc3ccc(-c4cnc(C(C)(C)O)nc4)cc3n12. The summed E-state index contributed by atoms with van der Waals surface area (Å²) in [6.07, 6.45) is 3.83. The average Bonchev–Trinajstić information content (AvgIpc) is 3.36. The number of hydrogen-bond donors (Lipinski definition) is 1. The van der Waals surface area contributed by atoms with Crippen molar-refractivity contribution >= 4 is 16.9 Å². The summed E-state index contributed by atoms with van der Waals surface area (Å²) in [6.45, 7) is 3.71. The van der Waals surface area contributed by atoms with Crippen LogP contribution in [0, 0.1) is 0 Å². The maximum atomic E-state index is 13.4. The van der Waals surface area contributed by atoms with Gasteiger partial charge in [-0.3, -0.25) is 4.79 Å². The summed E-state index contributed by atoms with van der Waals surface area (Å²) in [7, 11) is 0. The first-order chi connectivity index (χ1) is 18.0. The van der Waals surface area contributed by atoms with Crippen LogP contribution in [0.5, 0.6) is 5.75 Å². The van der Waals surface area contributed by atoms with Crippen molar-refractivity contribution < 1.29 is 23.4 Å². The van der Waals surface area contributed by atoms with E-state index in [1.807, 2.05) is 31.2 Å². The molecule has 0 saturated carbocycles. The molecular weight excluding hydrogens is 492 g/mol. The lowest BCUT2D eigenvalue weighted by Crippen LogP contribution is -2.34. The van der Waals surface area contributed by atoms with Gasteiger partial charge in [0.2, 0.25) is 5.91 Å². The van der Waals surface area contributed by atoms with Gasteiger partial charge in [0, 0.05) is 36.9 Å². The lowest BCUT2D eigenvalue weighted by atomic mass is 9.94. The molecule has 1 N–H and O–H groups in total. The second-order valence-corrected chi connectivity index (χ2v) is 10.4. The summed E-state index contributed by atoms with van der Waals surface area (Å²) in [5, 5.41) is 10.2. The van der Waals surface area contributed by atoms with E-state index in [1.54, 1.807) is 43.3 Å². The maximum absolute atomic E-state index is 13.4. The van der Waals surface area contributed by atoms with Crippen LogP contribution in [0.2, 0.25) is 0 Å². The molecule has 0 aliphatic carbocycles. The molecule has 0 unspecified atom stereocenters. The topological polar surface area (TPSA) is 93.4 Å². The second kappa shape index (κ2) is 8.56. The van der Waals surface area contributed by atoms with Crippen molar-refractivity contribution in [3.05, 3.63) is 71.6 Å². The van der Waals surface area contributed by atoms with Gasteiger partial charge in [0.1, 0.15) is 17.2 Å². The number of aromatic nitrogens is 4. The number of fused-ring (bicyclic) bond motifs is 9. The Balaban J connectivity index is 1.55. The Morgan fingerprint density at radius 2 is 1.87 bits per heavy atom. The van der Waals surface area contributed by atoms with E-state index in [0.717, 1.165) is 33.5 Å². The summed E-state index contributed by atoms with van der Waals surface area (Å²) in [6, 6.07) is 9.91. The van der Waals surface area contributed by atoms with E-state index in [4.69, 9.17) is 9.72 Å². The molecular formula is C28H27F2N5O3. The molecule has 2 aliphatic rings. The van der Waals surface area contributed by atoms with Gasteiger partial charge in [-0.1, -0.05) is 18.2 Å². The zero-order valence-electron chi connectivity index (χ0n) is 21.4.